The second kappa shape index (κ2) is 7.48. The van der Waals surface area contributed by atoms with E-state index in [4.69, 9.17) is 0 Å². The predicted octanol–water partition coefficient (Wildman–Crippen LogP) is 4.34. The van der Waals surface area contributed by atoms with Crippen molar-refractivity contribution >= 4 is 45.7 Å². The van der Waals surface area contributed by atoms with E-state index in [0.717, 1.165) is 11.6 Å². The van der Waals surface area contributed by atoms with Crippen LogP contribution in [-0.2, 0) is 0 Å². The number of thioether (sulfide) groups is 1. The van der Waals surface area contributed by atoms with Crippen LogP contribution in [0.5, 0.6) is 0 Å². The normalized spacial score (nSPS) is 19.3. The van der Waals surface area contributed by atoms with Gasteiger partial charge in [0.2, 0.25) is 0 Å². The molecular weight excluding hydrogens is 296 g/mol. The molecule has 1 fully saturated rings. The summed E-state index contributed by atoms with van der Waals surface area (Å²) in [5.74, 6) is 1.18. The number of rotatable bonds is 4. The van der Waals surface area contributed by atoms with Gasteiger partial charge in [0.25, 0.3) is 0 Å². The fraction of sp³-hybridized carbons (Fsp3) is 0.500. The Bertz CT molecular complexity index is 476. The topological polar surface area (TPSA) is 24.9 Å². The van der Waals surface area contributed by atoms with E-state index in [0.29, 0.717) is 0 Å². The molecule has 19 heavy (non-hydrogen) atoms. The van der Waals surface area contributed by atoms with Gasteiger partial charge in [-0.2, -0.15) is 0 Å². The van der Waals surface area contributed by atoms with Gasteiger partial charge >= 0.3 is 0 Å². The summed E-state index contributed by atoms with van der Waals surface area (Å²) in [5.41, 5.74) is 1.14. The molecule has 1 unspecified atom stereocenters. The largest absolute Gasteiger partial charge is 0.314 e. The maximum Gasteiger partial charge on any atom is 0.151 e. The Morgan fingerprint density at radius 2 is 2.21 bits per heavy atom. The lowest BCUT2D eigenvalue weighted by atomic mass is 10.0. The molecule has 104 valence electrons. The first-order valence-electron chi connectivity index (χ1n) is 6.63. The Hall–Kier alpha value is -0.290. The fourth-order valence-electron chi connectivity index (χ4n) is 2.37. The highest BCUT2D eigenvalue weighted by Crippen LogP contribution is 2.30. The average Bonchev–Trinajstić information content (AvgIpc) is 2.82. The third-order valence-electron chi connectivity index (χ3n) is 3.38. The lowest BCUT2D eigenvalue weighted by Gasteiger charge is -2.22. The molecule has 2 aromatic rings. The quantitative estimate of drug-likeness (QED) is 0.850. The molecule has 2 heterocycles. The lowest BCUT2D eigenvalue weighted by Crippen LogP contribution is -2.34. The number of piperidine rings is 1. The Balaban J connectivity index is 0.00000133. The minimum atomic E-state index is 0. The summed E-state index contributed by atoms with van der Waals surface area (Å²) in [5, 5.41) is 3.60. The number of hydrogen-bond donors (Lipinski definition) is 1. The Kier molecular flexibility index (Phi) is 5.95. The molecule has 1 N–H and O–H groups in total. The first kappa shape index (κ1) is 15.1. The number of nitrogens with one attached hydrogen (secondary N) is 1. The van der Waals surface area contributed by atoms with Gasteiger partial charge in [-0.05, 0) is 37.9 Å². The summed E-state index contributed by atoms with van der Waals surface area (Å²) >= 11 is 3.72. The maximum absolute atomic E-state index is 4.66. The van der Waals surface area contributed by atoms with Crippen molar-refractivity contribution in [2.45, 2.75) is 36.1 Å². The number of fused-ring (bicyclic) bond motifs is 1. The maximum atomic E-state index is 4.66. The van der Waals surface area contributed by atoms with Crippen molar-refractivity contribution in [1.29, 1.82) is 0 Å². The molecule has 0 radical (unpaired) electrons. The molecule has 1 aliphatic rings. The number of halogens is 1. The molecule has 3 rings (SSSR count). The van der Waals surface area contributed by atoms with Gasteiger partial charge in [-0.3, -0.25) is 0 Å². The van der Waals surface area contributed by atoms with Crippen LogP contribution in [-0.4, -0.2) is 23.3 Å². The number of benzene rings is 1. The van der Waals surface area contributed by atoms with E-state index < -0.39 is 0 Å². The summed E-state index contributed by atoms with van der Waals surface area (Å²) in [4.78, 5) is 4.66. The van der Waals surface area contributed by atoms with Crippen LogP contribution < -0.4 is 5.32 Å². The zero-order valence-corrected chi connectivity index (χ0v) is 13.3. The average molecular weight is 315 g/mol. The molecule has 0 saturated carbocycles. The molecule has 0 amide bonds. The van der Waals surface area contributed by atoms with E-state index in [1.165, 1.54) is 47.0 Å². The summed E-state index contributed by atoms with van der Waals surface area (Å²) in [6.07, 6.45) is 5.35. The SMILES string of the molecule is Cl.c1ccc2sc(SCCC3CCCCN3)nc2c1. The van der Waals surface area contributed by atoms with Gasteiger partial charge < -0.3 is 5.32 Å². The minimum absolute atomic E-state index is 0. The number of nitrogens with zero attached hydrogens (tertiary/aromatic N) is 1. The highest BCUT2D eigenvalue weighted by atomic mass is 35.5. The van der Waals surface area contributed by atoms with Gasteiger partial charge in [-0.1, -0.05) is 30.3 Å². The van der Waals surface area contributed by atoms with Gasteiger partial charge in [0.05, 0.1) is 10.2 Å². The molecule has 1 aromatic carbocycles. The zero-order valence-electron chi connectivity index (χ0n) is 10.8. The third kappa shape index (κ3) is 4.09. The number of thiazole rings is 1. The van der Waals surface area contributed by atoms with Crippen LogP contribution in [0.2, 0.25) is 0 Å². The monoisotopic (exact) mass is 314 g/mol. The molecule has 1 saturated heterocycles. The number of hydrogen-bond acceptors (Lipinski definition) is 4. The van der Waals surface area contributed by atoms with Crippen molar-refractivity contribution in [3.63, 3.8) is 0 Å². The van der Waals surface area contributed by atoms with Gasteiger partial charge in [0, 0.05) is 11.8 Å². The molecular formula is C14H19ClN2S2. The lowest BCUT2D eigenvalue weighted by molar-refractivity contribution is 0.395. The Labute approximate surface area is 128 Å². The van der Waals surface area contributed by atoms with E-state index in [-0.39, 0.29) is 12.4 Å². The van der Waals surface area contributed by atoms with Crippen molar-refractivity contribution in [2.24, 2.45) is 0 Å². The van der Waals surface area contributed by atoms with Crippen molar-refractivity contribution in [3.05, 3.63) is 24.3 Å². The predicted molar refractivity (Wildman–Crippen MR) is 87.9 cm³/mol. The van der Waals surface area contributed by atoms with Gasteiger partial charge in [-0.25, -0.2) is 4.98 Å². The first-order valence-corrected chi connectivity index (χ1v) is 8.44. The molecule has 1 aromatic heterocycles. The van der Waals surface area contributed by atoms with Crippen molar-refractivity contribution in [2.75, 3.05) is 12.3 Å². The van der Waals surface area contributed by atoms with Crippen LogP contribution in [0.4, 0.5) is 0 Å². The van der Waals surface area contributed by atoms with E-state index >= 15 is 0 Å². The zero-order chi connectivity index (χ0) is 12.2. The second-order valence-corrected chi connectivity index (χ2v) is 7.10. The second-order valence-electron chi connectivity index (χ2n) is 4.73. The van der Waals surface area contributed by atoms with Crippen LogP contribution in [0.1, 0.15) is 25.7 Å². The molecule has 0 bridgehead atoms. The van der Waals surface area contributed by atoms with E-state index in [1.54, 1.807) is 0 Å². The Morgan fingerprint density at radius 3 is 3.00 bits per heavy atom. The molecule has 0 aliphatic carbocycles. The van der Waals surface area contributed by atoms with Gasteiger partial charge in [0.15, 0.2) is 4.34 Å². The van der Waals surface area contributed by atoms with Crippen molar-refractivity contribution in [3.8, 4) is 0 Å². The highest BCUT2D eigenvalue weighted by molar-refractivity contribution is 8.01. The molecule has 5 heteroatoms. The highest BCUT2D eigenvalue weighted by Gasteiger charge is 2.12. The standard InChI is InChI=1S/C14H18N2S2.ClH/c1-2-7-13-12(6-1)16-14(18-13)17-10-8-11-5-3-4-9-15-11;/h1-2,6-7,11,15H,3-5,8-10H2;1H. The minimum Gasteiger partial charge on any atom is -0.314 e. The van der Waals surface area contributed by atoms with Gasteiger partial charge in [0.1, 0.15) is 0 Å². The molecule has 1 atom stereocenters. The summed E-state index contributed by atoms with van der Waals surface area (Å²) in [7, 11) is 0. The third-order valence-corrected chi connectivity index (χ3v) is 5.59. The summed E-state index contributed by atoms with van der Waals surface area (Å²) in [6.45, 7) is 1.20. The van der Waals surface area contributed by atoms with Gasteiger partial charge in [-0.15, -0.1) is 23.7 Å². The van der Waals surface area contributed by atoms with E-state index in [9.17, 15) is 0 Å². The van der Waals surface area contributed by atoms with E-state index in [2.05, 4.69) is 34.6 Å². The summed E-state index contributed by atoms with van der Waals surface area (Å²) < 4.78 is 2.52. The fourth-order valence-corrected chi connectivity index (χ4v) is 4.56. The summed E-state index contributed by atoms with van der Waals surface area (Å²) in [6, 6.07) is 9.13. The van der Waals surface area contributed by atoms with Crippen LogP contribution in [0, 0.1) is 0 Å². The number of para-hydroxylation sites is 1. The molecule has 1 aliphatic heterocycles. The van der Waals surface area contributed by atoms with Crippen LogP contribution >= 0.6 is 35.5 Å². The van der Waals surface area contributed by atoms with Crippen molar-refractivity contribution < 1.29 is 0 Å². The Morgan fingerprint density at radius 1 is 1.32 bits per heavy atom. The van der Waals surface area contributed by atoms with Crippen LogP contribution in [0.25, 0.3) is 10.2 Å². The van der Waals surface area contributed by atoms with Crippen molar-refractivity contribution in [1.82, 2.24) is 10.3 Å². The van der Waals surface area contributed by atoms with Crippen LogP contribution in [0.3, 0.4) is 0 Å². The molecule has 2 nitrogen and oxygen atoms in total. The smallest absolute Gasteiger partial charge is 0.151 e. The number of aromatic nitrogens is 1. The molecule has 0 spiro atoms. The first-order chi connectivity index (χ1) is 8.92. The van der Waals surface area contributed by atoms with E-state index in [1.807, 2.05) is 23.1 Å². The van der Waals surface area contributed by atoms with Crippen LogP contribution in [0.15, 0.2) is 28.6 Å².